The summed E-state index contributed by atoms with van der Waals surface area (Å²) in [6.07, 6.45) is 5.94. The fourth-order valence-corrected chi connectivity index (χ4v) is 3.91. The molecule has 0 saturated carbocycles. The number of hydrogen-bond acceptors (Lipinski definition) is 4. The zero-order valence-electron chi connectivity index (χ0n) is 20.0. The van der Waals surface area contributed by atoms with E-state index in [1.54, 1.807) is 13.2 Å². The molecule has 1 amide bonds. The van der Waals surface area contributed by atoms with E-state index in [0.717, 1.165) is 53.3 Å². The number of hydrogen-bond donors (Lipinski definition) is 1. The topological polar surface area (TPSA) is 65.4 Å². The molecule has 4 rings (SSSR count). The van der Waals surface area contributed by atoms with Crippen molar-refractivity contribution in [2.75, 3.05) is 20.3 Å². The summed E-state index contributed by atoms with van der Waals surface area (Å²) in [5.74, 6) is 2.48. The highest BCUT2D eigenvalue weighted by molar-refractivity contribution is 5.91. The van der Waals surface area contributed by atoms with Crippen LogP contribution in [0.1, 0.15) is 24.2 Å². The number of amides is 1. The Morgan fingerprint density at radius 1 is 0.971 bits per heavy atom. The fraction of sp³-hybridized carbons (Fsp3) is 0.241. The molecule has 0 aliphatic carbocycles. The summed E-state index contributed by atoms with van der Waals surface area (Å²) in [6.45, 7) is 2.01. The lowest BCUT2D eigenvalue weighted by Crippen LogP contribution is -2.24. The van der Waals surface area contributed by atoms with Gasteiger partial charge in [-0.3, -0.25) is 4.79 Å². The molecule has 0 aliphatic rings. The van der Waals surface area contributed by atoms with Gasteiger partial charge in [-0.1, -0.05) is 48.5 Å². The molecule has 180 valence electrons. The van der Waals surface area contributed by atoms with Gasteiger partial charge in [-0.05, 0) is 48.7 Å². The Morgan fingerprint density at radius 2 is 1.77 bits per heavy atom. The average Bonchev–Trinajstić information content (AvgIpc) is 3.25. The third-order valence-electron chi connectivity index (χ3n) is 5.69. The molecule has 1 aromatic heterocycles. The molecule has 0 saturated heterocycles. The Morgan fingerprint density at radius 3 is 2.63 bits per heavy atom. The minimum Gasteiger partial charge on any atom is -0.497 e. The maximum absolute atomic E-state index is 12.2. The van der Waals surface area contributed by atoms with Crippen LogP contribution in [0.25, 0.3) is 17.1 Å². The number of methoxy groups -OCH3 is 1. The molecule has 0 aliphatic heterocycles. The Kier molecular flexibility index (Phi) is 8.54. The number of unbranched alkanes of at least 4 members (excludes halogenated alkanes) is 1. The number of nitrogens with zero attached hydrogens (tertiary/aromatic N) is 2. The van der Waals surface area contributed by atoms with E-state index in [4.69, 9.17) is 14.5 Å². The Hall–Kier alpha value is -4.06. The number of aryl methyl sites for hydroxylation is 1. The minimum absolute atomic E-state index is 0.105. The summed E-state index contributed by atoms with van der Waals surface area (Å²) in [5, 5.41) is 2.97. The molecule has 1 heterocycles. The number of aromatic nitrogens is 2. The summed E-state index contributed by atoms with van der Waals surface area (Å²) in [5.41, 5.74) is 3.09. The van der Waals surface area contributed by atoms with Crippen LogP contribution in [0.4, 0.5) is 0 Å². The van der Waals surface area contributed by atoms with Crippen LogP contribution in [0, 0.1) is 0 Å². The number of fused-ring (bicyclic) bond motifs is 1. The van der Waals surface area contributed by atoms with E-state index in [-0.39, 0.29) is 5.91 Å². The Labute approximate surface area is 206 Å². The standard InChI is InChI=1S/C29H31N3O3/c1-34-24-12-9-13-25(22-24)35-21-8-7-20-32-27-15-6-5-14-26(27)31-28(32)18-19-30-29(33)17-16-23-10-3-2-4-11-23/h2-6,9-17,22H,7-8,18-21H2,1H3,(H,30,33)/b17-16+. The van der Waals surface area contributed by atoms with Crippen molar-refractivity contribution in [3.05, 3.63) is 96.3 Å². The van der Waals surface area contributed by atoms with Crippen molar-refractivity contribution in [2.24, 2.45) is 0 Å². The van der Waals surface area contributed by atoms with Gasteiger partial charge in [-0.2, -0.15) is 0 Å². The highest BCUT2D eigenvalue weighted by Gasteiger charge is 2.10. The summed E-state index contributed by atoms with van der Waals surface area (Å²) >= 11 is 0. The highest BCUT2D eigenvalue weighted by Crippen LogP contribution is 2.20. The predicted octanol–water partition coefficient (Wildman–Crippen LogP) is 5.28. The first kappa shape index (κ1) is 24.1. The van der Waals surface area contributed by atoms with E-state index in [9.17, 15) is 4.79 Å². The molecule has 1 N–H and O–H groups in total. The van der Waals surface area contributed by atoms with E-state index < -0.39 is 0 Å². The molecular weight excluding hydrogens is 438 g/mol. The van der Waals surface area contributed by atoms with Crippen LogP contribution in [0.15, 0.2) is 84.9 Å². The SMILES string of the molecule is COc1cccc(OCCCCn2c(CCNC(=O)/C=C/c3ccccc3)nc3ccccc32)c1. The number of para-hydroxylation sites is 2. The summed E-state index contributed by atoms with van der Waals surface area (Å²) < 4.78 is 13.4. The second-order valence-corrected chi connectivity index (χ2v) is 8.19. The van der Waals surface area contributed by atoms with Crippen molar-refractivity contribution in [3.8, 4) is 11.5 Å². The first-order valence-corrected chi connectivity index (χ1v) is 11.9. The number of rotatable bonds is 12. The molecule has 0 fully saturated rings. The van der Waals surface area contributed by atoms with Gasteiger partial charge in [0.25, 0.3) is 0 Å². The van der Waals surface area contributed by atoms with Crippen LogP contribution in [0.3, 0.4) is 0 Å². The monoisotopic (exact) mass is 469 g/mol. The van der Waals surface area contributed by atoms with Crippen LogP contribution in [0.2, 0.25) is 0 Å². The van der Waals surface area contributed by atoms with Gasteiger partial charge < -0.3 is 19.4 Å². The van der Waals surface area contributed by atoms with Crippen molar-refractivity contribution in [1.82, 2.24) is 14.9 Å². The zero-order chi connectivity index (χ0) is 24.3. The van der Waals surface area contributed by atoms with E-state index in [0.29, 0.717) is 19.6 Å². The van der Waals surface area contributed by atoms with Crippen molar-refractivity contribution in [2.45, 2.75) is 25.8 Å². The van der Waals surface area contributed by atoms with Gasteiger partial charge in [0.15, 0.2) is 0 Å². The van der Waals surface area contributed by atoms with Crippen molar-refractivity contribution in [1.29, 1.82) is 0 Å². The lowest BCUT2D eigenvalue weighted by Gasteiger charge is -2.11. The largest absolute Gasteiger partial charge is 0.497 e. The average molecular weight is 470 g/mol. The first-order valence-electron chi connectivity index (χ1n) is 11.9. The zero-order valence-corrected chi connectivity index (χ0v) is 20.0. The maximum atomic E-state index is 12.2. The van der Waals surface area contributed by atoms with E-state index in [2.05, 4.69) is 16.0 Å². The quantitative estimate of drug-likeness (QED) is 0.227. The number of nitrogens with one attached hydrogen (secondary N) is 1. The highest BCUT2D eigenvalue weighted by atomic mass is 16.5. The Balaban J connectivity index is 1.29. The molecule has 0 atom stereocenters. The number of imidazole rings is 1. The van der Waals surface area contributed by atoms with Gasteiger partial charge in [0, 0.05) is 31.7 Å². The smallest absolute Gasteiger partial charge is 0.244 e. The van der Waals surface area contributed by atoms with E-state index in [1.807, 2.05) is 78.9 Å². The molecule has 35 heavy (non-hydrogen) atoms. The fourth-order valence-electron chi connectivity index (χ4n) is 3.91. The lowest BCUT2D eigenvalue weighted by atomic mass is 10.2. The molecular formula is C29H31N3O3. The third kappa shape index (κ3) is 6.96. The molecule has 0 unspecified atom stereocenters. The van der Waals surface area contributed by atoms with Gasteiger partial charge in [0.1, 0.15) is 17.3 Å². The summed E-state index contributed by atoms with van der Waals surface area (Å²) in [7, 11) is 1.65. The van der Waals surface area contributed by atoms with Crippen molar-refractivity contribution >= 4 is 23.0 Å². The number of benzene rings is 3. The maximum Gasteiger partial charge on any atom is 0.244 e. The summed E-state index contributed by atoms with van der Waals surface area (Å²) in [6, 6.07) is 25.6. The molecule has 3 aromatic carbocycles. The van der Waals surface area contributed by atoms with E-state index in [1.165, 1.54) is 0 Å². The van der Waals surface area contributed by atoms with Crippen LogP contribution < -0.4 is 14.8 Å². The van der Waals surface area contributed by atoms with Gasteiger partial charge in [-0.15, -0.1) is 0 Å². The second kappa shape index (κ2) is 12.4. The molecule has 0 bridgehead atoms. The van der Waals surface area contributed by atoms with Crippen molar-refractivity contribution < 1.29 is 14.3 Å². The molecule has 6 heteroatoms. The summed E-state index contributed by atoms with van der Waals surface area (Å²) in [4.78, 5) is 17.0. The molecule has 4 aromatic rings. The molecule has 0 spiro atoms. The number of ether oxygens (including phenoxy) is 2. The van der Waals surface area contributed by atoms with Gasteiger partial charge >= 0.3 is 0 Å². The number of carbonyl (C=O) groups excluding carboxylic acids is 1. The molecule has 0 radical (unpaired) electrons. The van der Waals surface area contributed by atoms with Crippen molar-refractivity contribution in [3.63, 3.8) is 0 Å². The lowest BCUT2D eigenvalue weighted by molar-refractivity contribution is -0.116. The molecule has 6 nitrogen and oxygen atoms in total. The van der Waals surface area contributed by atoms with Crippen LogP contribution in [-0.2, 0) is 17.8 Å². The second-order valence-electron chi connectivity index (χ2n) is 8.19. The van der Waals surface area contributed by atoms with Crippen LogP contribution >= 0.6 is 0 Å². The first-order chi connectivity index (χ1) is 17.2. The van der Waals surface area contributed by atoms with Crippen LogP contribution in [0.5, 0.6) is 11.5 Å². The third-order valence-corrected chi connectivity index (χ3v) is 5.69. The van der Waals surface area contributed by atoms with Gasteiger partial charge in [-0.25, -0.2) is 4.98 Å². The normalized spacial score (nSPS) is 11.1. The van der Waals surface area contributed by atoms with Gasteiger partial charge in [0.2, 0.25) is 5.91 Å². The predicted molar refractivity (Wildman–Crippen MR) is 140 cm³/mol. The van der Waals surface area contributed by atoms with Crippen LogP contribution in [-0.4, -0.2) is 35.7 Å². The van der Waals surface area contributed by atoms with E-state index >= 15 is 0 Å². The minimum atomic E-state index is -0.105. The Bertz CT molecular complexity index is 1260. The number of carbonyl (C=O) groups is 1. The van der Waals surface area contributed by atoms with Gasteiger partial charge in [0.05, 0.1) is 24.8 Å².